The van der Waals surface area contributed by atoms with E-state index in [2.05, 4.69) is 10.6 Å². The topological polar surface area (TPSA) is 78.5 Å². The summed E-state index contributed by atoms with van der Waals surface area (Å²) in [5, 5.41) is 5.70. The van der Waals surface area contributed by atoms with Gasteiger partial charge in [0.25, 0.3) is 17.7 Å². The molecule has 0 radical (unpaired) electrons. The minimum absolute atomic E-state index is 0.0740. The summed E-state index contributed by atoms with van der Waals surface area (Å²) in [5.74, 6) is -0.792. The van der Waals surface area contributed by atoms with Gasteiger partial charge in [0.1, 0.15) is 6.04 Å². The highest BCUT2D eigenvalue weighted by Gasteiger charge is 2.26. The number of benzene rings is 4. The van der Waals surface area contributed by atoms with E-state index in [-0.39, 0.29) is 17.7 Å². The van der Waals surface area contributed by atoms with Crippen LogP contribution in [0.15, 0.2) is 109 Å². The molecular formula is C30H25N3O3. The van der Waals surface area contributed by atoms with Crippen LogP contribution in [0.1, 0.15) is 37.9 Å². The molecule has 2 N–H and O–H groups in total. The molecule has 1 aliphatic rings. The number of rotatable bonds is 6. The van der Waals surface area contributed by atoms with Gasteiger partial charge < -0.3 is 15.5 Å². The third kappa shape index (κ3) is 4.88. The number of hydrogen-bond acceptors (Lipinski definition) is 3. The van der Waals surface area contributed by atoms with E-state index in [1.54, 1.807) is 65.6 Å². The molecule has 6 nitrogen and oxygen atoms in total. The molecule has 1 heterocycles. The van der Waals surface area contributed by atoms with Crippen LogP contribution in [-0.4, -0.2) is 24.3 Å². The average Bonchev–Trinajstić information content (AvgIpc) is 3.37. The van der Waals surface area contributed by atoms with Crippen LogP contribution in [0.25, 0.3) is 0 Å². The zero-order chi connectivity index (χ0) is 24.9. The van der Waals surface area contributed by atoms with Crippen molar-refractivity contribution in [2.75, 3.05) is 16.8 Å². The molecule has 4 aromatic carbocycles. The number of nitrogens with zero attached hydrogens (tertiary/aromatic N) is 1. The first-order valence-electron chi connectivity index (χ1n) is 11.8. The molecule has 0 aromatic heterocycles. The van der Waals surface area contributed by atoms with Gasteiger partial charge in [0.2, 0.25) is 0 Å². The highest BCUT2D eigenvalue weighted by Crippen LogP contribution is 2.29. The van der Waals surface area contributed by atoms with Crippen LogP contribution in [0.5, 0.6) is 0 Å². The first kappa shape index (κ1) is 23.1. The average molecular weight is 476 g/mol. The van der Waals surface area contributed by atoms with Crippen molar-refractivity contribution in [3.05, 3.63) is 131 Å². The smallest absolute Gasteiger partial charge is 0.258 e. The van der Waals surface area contributed by atoms with Gasteiger partial charge in [-0.2, -0.15) is 0 Å². The summed E-state index contributed by atoms with van der Waals surface area (Å²) >= 11 is 0. The number of nitrogens with one attached hydrogen (secondary N) is 2. The van der Waals surface area contributed by atoms with Crippen molar-refractivity contribution in [2.24, 2.45) is 0 Å². The van der Waals surface area contributed by atoms with Gasteiger partial charge in [0.05, 0.1) is 0 Å². The molecule has 0 bridgehead atoms. The maximum Gasteiger partial charge on any atom is 0.258 e. The highest BCUT2D eigenvalue weighted by molar-refractivity contribution is 6.08. The Morgan fingerprint density at radius 3 is 2.06 bits per heavy atom. The van der Waals surface area contributed by atoms with E-state index in [4.69, 9.17) is 0 Å². The lowest BCUT2D eigenvalue weighted by Crippen LogP contribution is -2.37. The van der Waals surface area contributed by atoms with Gasteiger partial charge in [0.15, 0.2) is 0 Å². The van der Waals surface area contributed by atoms with Gasteiger partial charge in [-0.25, -0.2) is 0 Å². The number of amides is 3. The lowest BCUT2D eigenvalue weighted by molar-refractivity contribution is -0.118. The van der Waals surface area contributed by atoms with Crippen LogP contribution in [0, 0.1) is 0 Å². The molecule has 0 aliphatic carbocycles. The van der Waals surface area contributed by atoms with E-state index in [0.29, 0.717) is 28.9 Å². The molecule has 4 aromatic rings. The molecule has 6 heteroatoms. The van der Waals surface area contributed by atoms with Crippen LogP contribution in [0.3, 0.4) is 0 Å². The monoisotopic (exact) mass is 475 g/mol. The van der Waals surface area contributed by atoms with E-state index < -0.39 is 6.04 Å². The Bertz CT molecular complexity index is 1390. The van der Waals surface area contributed by atoms with Crippen molar-refractivity contribution < 1.29 is 14.4 Å². The van der Waals surface area contributed by atoms with Crippen LogP contribution in [-0.2, 0) is 11.2 Å². The predicted molar refractivity (Wildman–Crippen MR) is 140 cm³/mol. The molecule has 5 rings (SSSR count). The molecular weight excluding hydrogens is 450 g/mol. The number of carbonyl (C=O) groups is 3. The molecule has 36 heavy (non-hydrogen) atoms. The summed E-state index contributed by atoms with van der Waals surface area (Å²) in [5.41, 5.74) is 4.32. The van der Waals surface area contributed by atoms with Crippen molar-refractivity contribution in [1.82, 2.24) is 5.32 Å². The minimum Gasteiger partial charge on any atom is -0.336 e. The van der Waals surface area contributed by atoms with Gasteiger partial charge in [-0.15, -0.1) is 0 Å². The summed E-state index contributed by atoms with van der Waals surface area (Å²) in [7, 11) is 0. The first-order chi connectivity index (χ1) is 17.6. The third-order valence-corrected chi connectivity index (χ3v) is 6.24. The number of fused-ring (bicyclic) bond motifs is 1. The lowest BCUT2D eigenvalue weighted by atomic mass is 10.0. The maximum absolute atomic E-state index is 13.2. The Morgan fingerprint density at radius 1 is 0.694 bits per heavy atom. The summed E-state index contributed by atoms with van der Waals surface area (Å²) < 4.78 is 0. The Hall–Kier alpha value is -4.71. The van der Waals surface area contributed by atoms with Crippen molar-refractivity contribution in [2.45, 2.75) is 12.5 Å². The fourth-order valence-corrected chi connectivity index (χ4v) is 4.37. The van der Waals surface area contributed by atoms with E-state index in [1.165, 1.54) is 5.56 Å². The van der Waals surface area contributed by atoms with Crippen LogP contribution in [0.4, 0.5) is 11.4 Å². The predicted octanol–water partition coefficient (Wildman–Crippen LogP) is 5.00. The van der Waals surface area contributed by atoms with Crippen LogP contribution in [0.2, 0.25) is 0 Å². The molecule has 1 aliphatic heterocycles. The zero-order valence-electron chi connectivity index (χ0n) is 19.6. The standard InChI is InChI=1S/C30H25N3O3/c34-28(23-12-5-2-6-13-23)32-27(22-10-3-1-4-11-22)29(35)31-25-17-15-24(16-18-25)30(36)33-20-19-21-9-7-8-14-26(21)33/h1-18,27H,19-20H2,(H,31,35)(H,32,34). The summed E-state index contributed by atoms with van der Waals surface area (Å²) in [6, 6.07) is 31.7. The molecule has 0 fully saturated rings. The Balaban J connectivity index is 1.31. The number of anilines is 2. The molecule has 178 valence electrons. The summed E-state index contributed by atoms with van der Waals surface area (Å²) in [6.07, 6.45) is 0.839. The van der Waals surface area contributed by atoms with Gasteiger partial charge in [0, 0.05) is 29.0 Å². The quantitative estimate of drug-likeness (QED) is 0.412. The maximum atomic E-state index is 13.2. The lowest BCUT2D eigenvalue weighted by Gasteiger charge is -2.20. The molecule has 0 saturated heterocycles. The Morgan fingerprint density at radius 2 is 1.33 bits per heavy atom. The molecule has 3 amide bonds. The SMILES string of the molecule is O=C(NC(C(=O)Nc1ccc(C(=O)N2CCc3ccccc32)cc1)c1ccccc1)c1ccccc1. The summed E-state index contributed by atoms with van der Waals surface area (Å²) in [6.45, 7) is 0.649. The zero-order valence-corrected chi connectivity index (χ0v) is 19.6. The third-order valence-electron chi connectivity index (χ3n) is 6.24. The van der Waals surface area contributed by atoms with Crippen molar-refractivity contribution >= 4 is 29.1 Å². The normalized spacial score (nSPS) is 12.9. The van der Waals surface area contributed by atoms with Crippen molar-refractivity contribution in [1.29, 1.82) is 0 Å². The van der Waals surface area contributed by atoms with Crippen LogP contribution >= 0.6 is 0 Å². The van der Waals surface area contributed by atoms with Gasteiger partial charge >= 0.3 is 0 Å². The number of para-hydroxylation sites is 1. The van der Waals surface area contributed by atoms with E-state index >= 15 is 0 Å². The second-order valence-corrected chi connectivity index (χ2v) is 8.59. The van der Waals surface area contributed by atoms with E-state index in [1.807, 2.05) is 48.5 Å². The van der Waals surface area contributed by atoms with E-state index in [0.717, 1.165) is 12.1 Å². The largest absolute Gasteiger partial charge is 0.336 e. The number of hydrogen-bond donors (Lipinski definition) is 2. The second kappa shape index (κ2) is 10.3. The van der Waals surface area contributed by atoms with Gasteiger partial charge in [-0.3, -0.25) is 14.4 Å². The molecule has 1 atom stereocenters. The van der Waals surface area contributed by atoms with Crippen molar-refractivity contribution in [3.8, 4) is 0 Å². The highest BCUT2D eigenvalue weighted by atomic mass is 16.2. The first-order valence-corrected chi connectivity index (χ1v) is 11.8. The molecule has 1 unspecified atom stereocenters. The Kier molecular flexibility index (Phi) is 6.58. The minimum atomic E-state index is -0.888. The fraction of sp³-hybridized carbons (Fsp3) is 0.100. The van der Waals surface area contributed by atoms with Gasteiger partial charge in [-0.1, -0.05) is 66.7 Å². The van der Waals surface area contributed by atoms with Gasteiger partial charge in [-0.05, 0) is 60.0 Å². The van der Waals surface area contributed by atoms with Crippen molar-refractivity contribution in [3.63, 3.8) is 0 Å². The van der Waals surface area contributed by atoms with E-state index in [9.17, 15) is 14.4 Å². The second-order valence-electron chi connectivity index (χ2n) is 8.59. The molecule has 0 spiro atoms. The van der Waals surface area contributed by atoms with Crippen LogP contribution < -0.4 is 15.5 Å². The number of carbonyl (C=O) groups excluding carboxylic acids is 3. The molecule has 0 saturated carbocycles. The fourth-order valence-electron chi connectivity index (χ4n) is 4.37. The summed E-state index contributed by atoms with van der Waals surface area (Å²) in [4.78, 5) is 40.9. The Labute approximate surface area is 209 Å².